The Kier molecular flexibility index (Phi) is 8.09. The van der Waals surface area contributed by atoms with Gasteiger partial charge in [0.05, 0.1) is 24.1 Å². The van der Waals surface area contributed by atoms with E-state index in [2.05, 4.69) is 9.97 Å². The van der Waals surface area contributed by atoms with E-state index in [1.807, 2.05) is 0 Å². The Hall–Kier alpha value is -4.18. The number of benzene rings is 2. The van der Waals surface area contributed by atoms with Gasteiger partial charge in [-0.25, -0.2) is 35.2 Å². The monoisotopic (exact) mass is 626 g/mol. The van der Waals surface area contributed by atoms with E-state index in [1.165, 1.54) is 12.3 Å². The van der Waals surface area contributed by atoms with Crippen LogP contribution in [0.3, 0.4) is 0 Å². The number of halogens is 5. The van der Waals surface area contributed by atoms with E-state index in [0.29, 0.717) is 4.31 Å². The number of nitrogens with zero attached hydrogens (tertiary/aromatic N) is 4. The van der Waals surface area contributed by atoms with Gasteiger partial charge in [-0.15, -0.1) is 0 Å². The summed E-state index contributed by atoms with van der Waals surface area (Å²) in [5.41, 5.74) is 0.401. The molecule has 1 aliphatic carbocycles. The SMILES string of the molecule is O=C(O)c1ccc(N(Cc2cnc(C3CCCC3)cn2)C(=O)[C@H]2CCN2S(=O)(=O)c2c(F)c(F)c(F)c(F)c2F)cc1O. The summed E-state index contributed by atoms with van der Waals surface area (Å²) in [5.74, 6) is -15.6. The molecule has 2 N–H and O–H groups in total. The van der Waals surface area contributed by atoms with Crippen LogP contribution in [-0.2, 0) is 21.4 Å². The van der Waals surface area contributed by atoms with Crippen LogP contribution in [0.25, 0.3) is 0 Å². The molecular weight excluding hydrogens is 603 g/mol. The lowest BCUT2D eigenvalue weighted by atomic mass is 10.0. The van der Waals surface area contributed by atoms with Crippen LogP contribution in [-0.4, -0.2) is 57.4 Å². The minimum Gasteiger partial charge on any atom is -0.507 e. The summed E-state index contributed by atoms with van der Waals surface area (Å²) in [6, 6.07) is 1.48. The van der Waals surface area contributed by atoms with Crippen molar-refractivity contribution in [3.8, 4) is 5.75 Å². The minimum absolute atomic E-state index is 0.0883. The molecule has 16 heteroatoms. The fraction of sp³-hybridized carbons (Fsp3) is 0.333. The first-order valence-corrected chi connectivity index (χ1v) is 14.5. The van der Waals surface area contributed by atoms with Gasteiger partial charge in [-0.2, -0.15) is 4.31 Å². The summed E-state index contributed by atoms with van der Waals surface area (Å²) in [5, 5.41) is 19.5. The van der Waals surface area contributed by atoms with E-state index in [4.69, 9.17) is 0 Å². The molecule has 1 amide bonds. The lowest BCUT2D eigenvalue weighted by molar-refractivity contribution is -0.125. The van der Waals surface area contributed by atoms with E-state index < -0.39 is 79.8 Å². The second-order valence-corrected chi connectivity index (χ2v) is 12.0. The van der Waals surface area contributed by atoms with E-state index in [9.17, 15) is 50.2 Å². The Morgan fingerprint density at radius 1 is 0.930 bits per heavy atom. The zero-order valence-corrected chi connectivity index (χ0v) is 22.9. The number of phenols is 1. The van der Waals surface area contributed by atoms with Gasteiger partial charge in [0, 0.05) is 30.4 Å². The summed E-state index contributed by atoms with van der Waals surface area (Å²) in [7, 11) is -5.42. The largest absolute Gasteiger partial charge is 0.507 e. The highest BCUT2D eigenvalue weighted by molar-refractivity contribution is 7.89. The number of aromatic carboxylic acids is 1. The molecule has 2 aromatic carbocycles. The lowest BCUT2D eigenvalue weighted by Gasteiger charge is -2.41. The summed E-state index contributed by atoms with van der Waals surface area (Å²) in [4.78, 5) is 32.8. The van der Waals surface area contributed by atoms with Crippen molar-refractivity contribution < 1.29 is 50.2 Å². The van der Waals surface area contributed by atoms with Crippen molar-refractivity contribution in [2.45, 2.75) is 55.5 Å². The van der Waals surface area contributed by atoms with Gasteiger partial charge in [0.1, 0.15) is 17.4 Å². The number of carbonyl (C=O) groups excluding carboxylic acids is 1. The highest BCUT2D eigenvalue weighted by atomic mass is 32.2. The molecule has 0 unspecified atom stereocenters. The van der Waals surface area contributed by atoms with E-state index in [0.717, 1.165) is 48.4 Å². The number of hydrogen-bond acceptors (Lipinski definition) is 7. The molecule has 1 saturated heterocycles. The Morgan fingerprint density at radius 2 is 1.56 bits per heavy atom. The van der Waals surface area contributed by atoms with Gasteiger partial charge in [0.25, 0.3) is 0 Å². The molecule has 1 aliphatic heterocycles. The maximum Gasteiger partial charge on any atom is 0.339 e. The fourth-order valence-electron chi connectivity index (χ4n) is 5.21. The average Bonchev–Trinajstić information content (AvgIpc) is 3.48. The van der Waals surface area contributed by atoms with Crippen molar-refractivity contribution in [1.29, 1.82) is 0 Å². The molecule has 2 aliphatic rings. The van der Waals surface area contributed by atoms with Crippen LogP contribution in [0.2, 0.25) is 0 Å². The molecule has 5 rings (SSSR count). The molecule has 0 spiro atoms. The number of aromatic hydroxyl groups is 1. The smallest absolute Gasteiger partial charge is 0.339 e. The third-order valence-electron chi connectivity index (χ3n) is 7.60. The van der Waals surface area contributed by atoms with Gasteiger partial charge in [-0.1, -0.05) is 12.8 Å². The number of hydrogen-bond donors (Lipinski definition) is 2. The average molecular weight is 627 g/mol. The van der Waals surface area contributed by atoms with Crippen molar-refractivity contribution in [1.82, 2.24) is 14.3 Å². The van der Waals surface area contributed by atoms with Crippen LogP contribution < -0.4 is 4.90 Å². The highest BCUT2D eigenvalue weighted by Gasteiger charge is 2.48. The minimum atomic E-state index is -5.42. The predicted molar refractivity (Wildman–Crippen MR) is 138 cm³/mol. The van der Waals surface area contributed by atoms with Crippen molar-refractivity contribution in [3.63, 3.8) is 0 Å². The molecule has 2 heterocycles. The van der Waals surface area contributed by atoms with E-state index >= 15 is 0 Å². The van der Waals surface area contributed by atoms with Crippen molar-refractivity contribution in [3.05, 3.63) is 76.6 Å². The first-order chi connectivity index (χ1) is 20.3. The van der Waals surface area contributed by atoms with Crippen LogP contribution in [0.4, 0.5) is 27.6 Å². The second kappa shape index (κ2) is 11.5. The van der Waals surface area contributed by atoms with Gasteiger partial charge in [0.15, 0.2) is 28.2 Å². The van der Waals surface area contributed by atoms with E-state index in [1.54, 1.807) is 6.20 Å². The number of aromatic nitrogens is 2. The van der Waals surface area contributed by atoms with Crippen molar-refractivity contribution in [2.75, 3.05) is 11.4 Å². The molecule has 1 saturated carbocycles. The Bertz CT molecular complexity index is 1690. The lowest BCUT2D eigenvalue weighted by Crippen LogP contribution is -2.59. The fourth-order valence-corrected chi connectivity index (χ4v) is 6.96. The molecular formula is C27H23F5N4O6S. The summed E-state index contributed by atoms with van der Waals surface area (Å²) >= 11 is 0. The summed E-state index contributed by atoms with van der Waals surface area (Å²) in [6.45, 7) is -0.833. The van der Waals surface area contributed by atoms with Gasteiger partial charge >= 0.3 is 5.97 Å². The molecule has 10 nitrogen and oxygen atoms in total. The second-order valence-electron chi connectivity index (χ2n) is 10.2. The number of amides is 1. The Labute approximate surface area is 241 Å². The molecule has 0 radical (unpaired) electrons. The summed E-state index contributed by atoms with van der Waals surface area (Å²) < 4.78 is 96.6. The molecule has 1 aromatic heterocycles. The van der Waals surface area contributed by atoms with Crippen LogP contribution in [0.15, 0.2) is 35.5 Å². The number of carbonyl (C=O) groups is 2. The van der Waals surface area contributed by atoms with Crippen molar-refractivity contribution in [2.24, 2.45) is 0 Å². The van der Waals surface area contributed by atoms with Gasteiger partial charge in [0.2, 0.25) is 21.7 Å². The van der Waals surface area contributed by atoms with Crippen LogP contribution in [0.1, 0.15) is 59.8 Å². The third kappa shape index (κ3) is 5.40. The van der Waals surface area contributed by atoms with Gasteiger partial charge in [-0.05, 0) is 31.4 Å². The van der Waals surface area contributed by atoms with Crippen LogP contribution in [0, 0.1) is 29.1 Å². The maximum atomic E-state index is 14.4. The molecule has 1 atom stereocenters. The Balaban J connectivity index is 1.49. The third-order valence-corrected chi connectivity index (χ3v) is 9.53. The molecule has 2 fully saturated rings. The van der Waals surface area contributed by atoms with Gasteiger partial charge in [-0.3, -0.25) is 14.8 Å². The first-order valence-electron chi connectivity index (χ1n) is 13.0. The van der Waals surface area contributed by atoms with Crippen molar-refractivity contribution >= 4 is 27.6 Å². The summed E-state index contributed by atoms with van der Waals surface area (Å²) in [6.07, 6.45) is 6.77. The number of sulfonamides is 1. The number of carboxylic acid groups (broad SMARTS) is 1. The van der Waals surface area contributed by atoms with Crippen LogP contribution >= 0.6 is 0 Å². The standard InChI is InChI=1S/C27H23F5N4O6S/c28-20-21(29)23(31)25(24(32)22(20)30)43(41,42)36-8-7-18(36)26(38)35(15-5-6-16(27(39)40)19(37)9-15)12-14-10-34-17(11-33-14)13-3-1-2-4-13/h5-6,9-11,13,18,37H,1-4,7-8,12H2,(H,39,40)/t18-/m1/s1. The first kappa shape index (κ1) is 30.3. The zero-order valence-electron chi connectivity index (χ0n) is 22.1. The number of carboxylic acids is 1. The molecule has 228 valence electrons. The molecule has 0 bridgehead atoms. The quantitative estimate of drug-likeness (QED) is 0.215. The normalized spacial score (nSPS) is 17.6. The van der Waals surface area contributed by atoms with E-state index in [-0.39, 0.29) is 30.3 Å². The Morgan fingerprint density at radius 3 is 2.07 bits per heavy atom. The number of anilines is 1. The number of rotatable bonds is 8. The zero-order chi connectivity index (χ0) is 31.2. The topological polar surface area (TPSA) is 141 Å². The predicted octanol–water partition coefficient (Wildman–Crippen LogP) is 4.23. The van der Waals surface area contributed by atoms with Crippen LogP contribution in [0.5, 0.6) is 5.75 Å². The molecule has 3 aromatic rings. The molecule has 43 heavy (non-hydrogen) atoms. The van der Waals surface area contributed by atoms with Gasteiger partial charge < -0.3 is 15.1 Å². The highest BCUT2D eigenvalue weighted by Crippen LogP contribution is 2.36. The maximum absolute atomic E-state index is 14.4.